The van der Waals surface area contributed by atoms with E-state index in [9.17, 15) is 0 Å². The molecule has 3 nitrogen and oxygen atoms in total. The van der Waals surface area contributed by atoms with E-state index < -0.39 is 0 Å². The fourth-order valence-electron chi connectivity index (χ4n) is 1.89. The third-order valence-electron chi connectivity index (χ3n) is 2.86. The predicted octanol–water partition coefficient (Wildman–Crippen LogP) is 4.05. The van der Waals surface area contributed by atoms with Crippen LogP contribution >= 0.6 is 11.6 Å². The first-order valence-electron chi connectivity index (χ1n) is 6.00. The van der Waals surface area contributed by atoms with E-state index in [0.29, 0.717) is 5.89 Å². The lowest BCUT2D eigenvalue weighted by Gasteiger charge is -2.18. The maximum absolute atomic E-state index is 5.99. The molecule has 0 aliphatic carbocycles. The van der Waals surface area contributed by atoms with Gasteiger partial charge in [-0.3, -0.25) is 5.32 Å². The number of hydrogen-bond donors (Lipinski definition) is 1. The standard InChI is InChI=1S/C14H17ClN2O/c1-9-8-16-14(18-9)11(3)17-10(2)12-5-4-6-13(15)7-12/h4-8,10-11,17H,1-3H3. The number of benzene rings is 1. The SMILES string of the molecule is Cc1cnc(C(C)NC(C)c2cccc(Cl)c2)o1. The van der Waals surface area contributed by atoms with Gasteiger partial charge in [0.25, 0.3) is 0 Å². The number of nitrogens with one attached hydrogen (secondary N) is 1. The molecule has 0 radical (unpaired) electrons. The average Bonchev–Trinajstić information content (AvgIpc) is 2.76. The zero-order valence-corrected chi connectivity index (χ0v) is 11.5. The van der Waals surface area contributed by atoms with Gasteiger partial charge in [-0.1, -0.05) is 23.7 Å². The van der Waals surface area contributed by atoms with Crippen molar-refractivity contribution in [1.29, 1.82) is 0 Å². The molecule has 0 amide bonds. The minimum atomic E-state index is 0.0627. The average molecular weight is 265 g/mol. The number of halogens is 1. The first-order chi connectivity index (χ1) is 8.56. The molecule has 2 aromatic rings. The van der Waals surface area contributed by atoms with Gasteiger partial charge in [-0.2, -0.15) is 0 Å². The van der Waals surface area contributed by atoms with Crippen molar-refractivity contribution in [3.05, 3.63) is 52.7 Å². The molecule has 0 fully saturated rings. The van der Waals surface area contributed by atoms with Gasteiger partial charge < -0.3 is 4.42 Å². The summed E-state index contributed by atoms with van der Waals surface area (Å²) in [5.41, 5.74) is 1.15. The molecule has 0 aliphatic heterocycles. The van der Waals surface area contributed by atoms with Gasteiger partial charge in [-0.15, -0.1) is 0 Å². The molecule has 1 N–H and O–H groups in total. The zero-order chi connectivity index (χ0) is 13.1. The molecular formula is C14H17ClN2O. The molecule has 2 rings (SSSR count). The topological polar surface area (TPSA) is 38.1 Å². The van der Waals surface area contributed by atoms with Crippen LogP contribution in [-0.2, 0) is 0 Å². The van der Waals surface area contributed by atoms with Crippen LogP contribution in [0.3, 0.4) is 0 Å². The highest BCUT2D eigenvalue weighted by molar-refractivity contribution is 6.30. The number of hydrogen-bond acceptors (Lipinski definition) is 3. The van der Waals surface area contributed by atoms with Crippen LogP contribution in [0.4, 0.5) is 0 Å². The van der Waals surface area contributed by atoms with E-state index >= 15 is 0 Å². The smallest absolute Gasteiger partial charge is 0.211 e. The van der Waals surface area contributed by atoms with Crippen molar-refractivity contribution in [1.82, 2.24) is 10.3 Å². The number of nitrogens with zero attached hydrogens (tertiary/aromatic N) is 1. The number of aromatic nitrogens is 1. The van der Waals surface area contributed by atoms with Gasteiger partial charge in [0.05, 0.1) is 12.2 Å². The van der Waals surface area contributed by atoms with Crippen LogP contribution in [0.25, 0.3) is 0 Å². The Morgan fingerprint density at radius 1 is 1.28 bits per heavy atom. The highest BCUT2D eigenvalue weighted by Gasteiger charge is 2.15. The third kappa shape index (κ3) is 3.12. The summed E-state index contributed by atoms with van der Waals surface area (Å²) >= 11 is 5.99. The second-order valence-corrected chi connectivity index (χ2v) is 4.91. The lowest BCUT2D eigenvalue weighted by molar-refractivity contribution is 0.380. The van der Waals surface area contributed by atoms with Crippen LogP contribution in [-0.4, -0.2) is 4.98 Å². The van der Waals surface area contributed by atoms with Crippen molar-refractivity contribution in [2.75, 3.05) is 0 Å². The van der Waals surface area contributed by atoms with Gasteiger partial charge in [-0.25, -0.2) is 4.98 Å². The van der Waals surface area contributed by atoms with Crippen molar-refractivity contribution in [3.8, 4) is 0 Å². The van der Waals surface area contributed by atoms with Crippen molar-refractivity contribution in [2.24, 2.45) is 0 Å². The first-order valence-corrected chi connectivity index (χ1v) is 6.38. The minimum absolute atomic E-state index is 0.0627. The maximum Gasteiger partial charge on any atom is 0.211 e. The summed E-state index contributed by atoms with van der Waals surface area (Å²) in [5, 5.41) is 4.19. The summed E-state index contributed by atoms with van der Waals surface area (Å²) in [6.07, 6.45) is 1.73. The Balaban J connectivity index is 2.05. The molecule has 1 aromatic heterocycles. The minimum Gasteiger partial charge on any atom is -0.444 e. The van der Waals surface area contributed by atoms with E-state index in [1.165, 1.54) is 0 Å². The molecule has 4 heteroatoms. The highest BCUT2D eigenvalue weighted by atomic mass is 35.5. The largest absolute Gasteiger partial charge is 0.444 e. The summed E-state index contributed by atoms with van der Waals surface area (Å²) in [6, 6.07) is 8.09. The summed E-state index contributed by atoms with van der Waals surface area (Å²) in [5.74, 6) is 1.54. The van der Waals surface area contributed by atoms with Crippen molar-refractivity contribution < 1.29 is 4.42 Å². The van der Waals surface area contributed by atoms with E-state index in [2.05, 4.69) is 23.3 Å². The second-order valence-electron chi connectivity index (χ2n) is 4.47. The Labute approximate surface area is 112 Å². The molecule has 1 heterocycles. The maximum atomic E-state index is 5.99. The van der Waals surface area contributed by atoms with Crippen LogP contribution in [0.1, 0.15) is 43.1 Å². The Kier molecular flexibility index (Phi) is 4.04. The monoisotopic (exact) mass is 264 g/mol. The molecule has 0 bridgehead atoms. The Morgan fingerprint density at radius 3 is 2.67 bits per heavy atom. The fourth-order valence-corrected chi connectivity index (χ4v) is 2.09. The van der Waals surface area contributed by atoms with E-state index in [-0.39, 0.29) is 12.1 Å². The summed E-state index contributed by atoms with van der Waals surface area (Å²) < 4.78 is 5.51. The van der Waals surface area contributed by atoms with Crippen LogP contribution in [0.15, 0.2) is 34.9 Å². The van der Waals surface area contributed by atoms with Crippen molar-refractivity contribution >= 4 is 11.6 Å². The molecule has 0 aliphatic rings. The Hall–Kier alpha value is -1.32. The lowest BCUT2D eigenvalue weighted by atomic mass is 10.1. The normalized spacial score (nSPS) is 14.4. The molecule has 0 saturated heterocycles. The summed E-state index contributed by atoms with van der Waals surface area (Å²) in [6.45, 7) is 6.02. The van der Waals surface area contributed by atoms with Crippen LogP contribution < -0.4 is 5.32 Å². The van der Waals surface area contributed by atoms with Gasteiger partial charge in [0.1, 0.15) is 5.76 Å². The Morgan fingerprint density at radius 2 is 2.06 bits per heavy atom. The van der Waals surface area contributed by atoms with Gasteiger partial charge >= 0.3 is 0 Å². The molecule has 18 heavy (non-hydrogen) atoms. The van der Waals surface area contributed by atoms with Gasteiger partial charge in [0.2, 0.25) is 5.89 Å². The van der Waals surface area contributed by atoms with Crippen LogP contribution in [0.2, 0.25) is 5.02 Å². The van der Waals surface area contributed by atoms with E-state index in [0.717, 1.165) is 16.3 Å². The molecule has 0 spiro atoms. The number of oxazole rings is 1. The Bertz CT molecular complexity index is 524. The highest BCUT2D eigenvalue weighted by Crippen LogP contribution is 2.21. The first kappa shape index (κ1) is 13.1. The van der Waals surface area contributed by atoms with Gasteiger partial charge in [0, 0.05) is 11.1 Å². The molecule has 0 saturated carbocycles. The zero-order valence-electron chi connectivity index (χ0n) is 10.8. The quantitative estimate of drug-likeness (QED) is 0.905. The lowest BCUT2D eigenvalue weighted by Crippen LogP contribution is -2.22. The molecule has 2 unspecified atom stereocenters. The summed E-state index contributed by atoms with van der Waals surface area (Å²) in [4.78, 5) is 4.22. The third-order valence-corrected chi connectivity index (χ3v) is 3.09. The van der Waals surface area contributed by atoms with E-state index in [1.807, 2.05) is 32.0 Å². The number of rotatable bonds is 4. The van der Waals surface area contributed by atoms with Gasteiger partial charge in [0.15, 0.2) is 0 Å². The van der Waals surface area contributed by atoms with Crippen molar-refractivity contribution in [3.63, 3.8) is 0 Å². The predicted molar refractivity (Wildman–Crippen MR) is 72.7 cm³/mol. The van der Waals surface area contributed by atoms with Crippen LogP contribution in [0, 0.1) is 6.92 Å². The molecule has 2 atom stereocenters. The molecular weight excluding hydrogens is 248 g/mol. The van der Waals surface area contributed by atoms with Crippen LogP contribution in [0.5, 0.6) is 0 Å². The number of aryl methyl sites for hydroxylation is 1. The molecule has 96 valence electrons. The fraction of sp³-hybridized carbons (Fsp3) is 0.357. The summed E-state index contributed by atoms with van der Waals surface area (Å²) in [7, 11) is 0. The van der Waals surface area contributed by atoms with E-state index in [1.54, 1.807) is 6.20 Å². The van der Waals surface area contributed by atoms with Crippen molar-refractivity contribution in [2.45, 2.75) is 32.9 Å². The van der Waals surface area contributed by atoms with Gasteiger partial charge in [-0.05, 0) is 38.5 Å². The van der Waals surface area contributed by atoms with E-state index in [4.69, 9.17) is 16.0 Å². The molecule has 1 aromatic carbocycles. The second kappa shape index (κ2) is 5.55.